The summed E-state index contributed by atoms with van der Waals surface area (Å²) in [6.07, 6.45) is 24.8. The second kappa shape index (κ2) is 28.1. The van der Waals surface area contributed by atoms with Gasteiger partial charge in [0, 0.05) is 18.8 Å². The second-order valence-electron chi connectivity index (χ2n) is 15.6. The first-order chi connectivity index (χ1) is 24.7. The Balaban J connectivity index is 2.71. The van der Waals surface area contributed by atoms with Crippen molar-refractivity contribution in [3.8, 4) is 0 Å². The average molecular weight is 760 g/mol. The van der Waals surface area contributed by atoms with Crippen LogP contribution < -0.4 is 5.32 Å². The minimum atomic E-state index is -4.42. The number of likely N-dealkylation sites (N-methyl/N-ethyl adjacent to an activating group) is 1. The molecule has 1 amide bonds. The van der Waals surface area contributed by atoms with Gasteiger partial charge >= 0.3 is 7.82 Å². The van der Waals surface area contributed by atoms with Gasteiger partial charge in [0.05, 0.1) is 58.2 Å². The number of amides is 1. The monoisotopic (exact) mass is 760 g/mol. The molecule has 0 aromatic rings. The zero-order chi connectivity index (χ0) is 38.8. The van der Waals surface area contributed by atoms with Gasteiger partial charge in [0.15, 0.2) is 0 Å². The predicted octanol–water partition coefficient (Wildman–Crippen LogP) is 6.73. The Morgan fingerprint density at radius 1 is 0.846 bits per heavy atom. The zero-order valence-corrected chi connectivity index (χ0v) is 34.0. The Morgan fingerprint density at radius 2 is 1.46 bits per heavy atom. The molecule has 1 unspecified atom stereocenters. The van der Waals surface area contributed by atoms with Gasteiger partial charge in [0.1, 0.15) is 13.2 Å². The first kappa shape index (κ1) is 48.6. The molecule has 0 heterocycles. The van der Waals surface area contributed by atoms with Gasteiger partial charge in [0.25, 0.3) is 0 Å². The lowest BCUT2D eigenvalue weighted by atomic mass is 9.89. The van der Waals surface area contributed by atoms with Crippen molar-refractivity contribution in [1.82, 2.24) is 5.32 Å². The number of quaternary nitrogens is 1. The minimum Gasteiger partial charge on any atom is -0.393 e. The predicted molar refractivity (Wildman–Crippen MR) is 209 cm³/mol. The first-order valence-electron chi connectivity index (χ1n) is 20.1. The summed E-state index contributed by atoms with van der Waals surface area (Å²) < 4.78 is 23.4. The highest BCUT2D eigenvalue weighted by Crippen LogP contribution is 2.43. The summed E-state index contributed by atoms with van der Waals surface area (Å²) >= 11 is 0. The van der Waals surface area contributed by atoms with Crippen LogP contribution >= 0.6 is 7.82 Å². The van der Waals surface area contributed by atoms with Crippen molar-refractivity contribution < 1.29 is 48.2 Å². The van der Waals surface area contributed by atoms with Crippen LogP contribution in [0.1, 0.15) is 129 Å². The number of hydrogen-bond acceptors (Lipinski definition) is 8. The number of rotatable bonds is 31. The fourth-order valence-electron chi connectivity index (χ4n) is 6.36. The molecule has 304 valence electrons. The molecular formula is C40H76N2O9P+. The third-order valence-corrected chi connectivity index (χ3v) is 10.7. The number of aliphatic hydroxyl groups is 4. The molecular weight excluding hydrogens is 683 g/mol. The second-order valence-corrected chi connectivity index (χ2v) is 17.1. The fraction of sp³-hybridized carbons (Fsp3) is 0.825. The quantitative estimate of drug-likeness (QED) is 0.0195. The molecule has 8 atom stereocenters. The summed E-state index contributed by atoms with van der Waals surface area (Å²) in [5.74, 6) is -0.978. The molecule has 11 nitrogen and oxygen atoms in total. The maximum absolute atomic E-state index is 13.0. The van der Waals surface area contributed by atoms with Crippen molar-refractivity contribution in [2.45, 2.75) is 160 Å². The van der Waals surface area contributed by atoms with Crippen LogP contribution in [0.2, 0.25) is 0 Å². The highest BCUT2D eigenvalue weighted by molar-refractivity contribution is 7.47. The lowest BCUT2D eigenvalue weighted by Gasteiger charge is -2.25. The number of nitrogens with one attached hydrogen (secondary N) is 1. The third-order valence-electron chi connectivity index (χ3n) is 9.70. The third kappa shape index (κ3) is 24.1. The van der Waals surface area contributed by atoms with E-state index in [9.17, 15) is 34.7 Å². The van der Waals surface area contributed by atoms with Gasteiger partial charge < -0.3 is 35.1 Å². The number of unbranched alkanes of at least 4 members (excludes halogenated alkanes) is 12. The number of phosphoric acid groups is 1. The molecule has 0 spiro atoms. The Labute approximate surface area is 315 Å². The van der Waals surface area contributed by atoms with Crippen LogP contribution in [0.4, 0.5) is 0 Å². The van der Waals surface area contributed by atoms with Gasteiger partial charge in [0.2, 0.25) is 5.91 Å². The van der Waals surface area contributed by atoms with Gasteiger partial charge in [-0.05, 0) is 31.6 Å². The van der Waals surface area contributed by atoms with Gasteiger partial charge in [-0.2, -0.15) is 0 Å². The molecule has 52 heavy (non-hydrogen) atoms. The SMILES string of the molecule is CCCCCCCCCCCC/C=C/[C@@H](O)[C@H](COP(=O)(O)OCC[N+](C)(C)C)NC(=O)C/C=C\C[C@H]1[C@@H](/C=C/[C@H](O)CCCCC)[C@H](O)C[C@@H]1O. The summed E-state index contributed by atoms with van der Waals surface area (Å²) in [5.41, 5.74) is 0. The lowest BCUT2D eigenvalue weighted by molar-refractivity contribution is -0.870. The number of allylic oxidation sites excluding steroid dienone is 2. The van der Waals surface area contributed by atoms with E-state index in [1.165, 1.54) is 51.4 Å². The summed E-state index contributed by atoms with van der Waals surface area (Å²) in [4.78, 5) is 23.2. The van der Waals surface area contributed by atoms with Crippen LogP contribution in [0, 0.1) is 11.8 Å². The topological polar surface area (TPSA) is 166 Å². The number of phosphoric ester groups is 1. The van der Waals surface area contributed by atoms with Gasteiger partial charge in [-0.3, -0.25) is 13.8 Å². The Kier molecular flexibility index (Phi) is 26.2. The Morgan fingerprint density at radius 3 is 2.10 bits per heavy atom. The van der Waals surface area contributed by atoms with Crippen molar-refractivity contribution in [2.24, 2.45) is 11.8 Å². The molecule has 1 fully saturated rings. The number of hydrogen-bond donors (Lipinski definition) is 6. The average Bonchev–Trinajstić information content (AvgIpc) is 3.34. The molecule has 0 aromatic heterocycles. The van der Waals surface area contributed by atoms with Gasteiger partial charge in [-0.1, -0.05) is 127 Å². The number of carbonyl (C=O) groups is 1. The fourth-order valence-corrected chi connectivity index (χ4v) is 7.09. The maximum atomic E-state index is 13.0. The zero-order valence-electron chi connectivity index (χ0n) is 33.1. The number of nitrogens with zero attached hydrogens (tertiary/aromatic N) is 1. The van der Waals surface area contributed by atoms with E-state index >= 15 is 0 Å². The van der Waals surface area contributed by atoms with E-state index in [0.29, 0.717) is 23.9 Å². The highest BCUT2D eigenvalue weighted by atomic mass is 31.2. The molecule has 6 N–H and O–H groups in total. The maximum Gasteiger partial charge on any atom is 0.472 e. The molecule has 1 aliphatic carbocycles. The van der Waals surface area contributed by atoms with Crippen LogP contribution in [-0.2, 0) is 18.4 Å². The largest absolute Gasteiger partial charge is 0.472 e. The van der Waals surface area contributed by atoms with E-state index < -0.39 is 50.8 Å². The van der Waals surface area contributed by atoms with E-state index in [4.69, 9.17) is 9.05 Å². The van der Waals surface area contributed by atoms with E-state index in [2.05, 4.69) is 19.2 Å². The molecule has 0 saturated heterocycles. The molecule has 0 aliphatic heterocycles. The standard InChI is InChI=1S/C40H75N2O9P/c1-6-8-10-11-12-13-14-15-16-17-18-20-25-37(44)36(32-51-52(48,49)50-30-29-42(3,4)5)41-40(47)26-22-21-24-34-35(39(46)31-38(34)45)28-27-33(43)23-19-9-7-2/h20-22,25,27-28,33-39,43-46H,6-19,23-24,26,29-32H2,1-5H3,(H-,41,47,48,49)/p+1/b22-21-,25-20+,28-27+/t33-,34+,35-,36+,37-,38+,39-/m1/s1. The Hall–Kier alpha value is -1.40. The van der Waals surface area contributed by atoms with Crippen LogP contribution in [0.5, 0.6) is 0 Å². The van der Waals surface area contributed by atoms with Crippen molar-refractivity contribution >= 4 is 13.7 Å². The summed E-state index contributed by atoms with van der Waals surface area (Å²) in [5, 5.41) is 45.1. The molecule has 1 saturated carbocycles. The summed E-state index contributed by atoms with van der Waals surface area (Å²) in [6.45, 7) is 4.40. The lowest BCUT2D eigenvalue weighted by Crippen LogP contribution is -2.45. The van der Waals surface area contributed by atoms with Gasteiger partial charge in [-0.15, -0.1) is 0 Å². The van der Waals surface area contributed by atoms with Crippen molar-refractivity contribution in [1.29, 1.82) is 0 Å². The number of carbonyl (C=O) groups excluding carboxylic acids is 1. The van der Waals surface area contributed by atoms with Crippen LogP contribution in [0.15, 0.2) is 36.5 Å². The van der Waals surface area contributed by atoms with E-state index in [-0.39, 0.29) is 31.3 Å². The van der Waals surface area contributed by atoms with Crippen LogP contribution in [0.25, 0.3) is 0 Å². The van der Waals surface area contributed by atoms with Gasteiger partial charge in [-0.25, -0.2) is 4.57 Å². The molecule has 0 bridgehead atoms. The first-order valence-corrected chi connectivity index (χ1v) is 21.6. The molecule has 12 heteroatoms. The van der Waals surface area contributed by atoms with E-state index in [1.807, 2.05) is 33.3 Å². The van der Waals surface area contributed by atoms with Crippen LogP contribution in [0.3, 0.4) is 0 Å². The summed E-state index contributed by atoms with van der Waals surface area (Å²) in [6, 6.07) is -0.989. The molecule has 1 rings (SSSR count). The van der Waals surface area contributed by atoms with Crippen molar-refractivity contribution in [2.75, 3.05) is 40.9 Å². The normalized spacial score (nSPS) is 22.7. The van der Waals surface area contributed by atoms with Crippen LogP contribution in [-0.4, -0.2) is 107 Å². The highest BCUT2D eigenvalue weighted by Gasteiger charge is 2.39. The van der Waals surface area contributed by atoms with E-state index in [1.54, 1.807) is 24.3 Å². The number of aliphatic hydroxyl groups excluding tert-OH is 4. The smallest absolute Gasteiger partial charge is 0.393 e. The molecule has 0 aromatic carbocycles. The van der Waals surface area contributed by atoms with Crippen molar-refractivity contribution in [3.05, 3.63) is 36.5 Å². The minimum absolute atomic E-state index is 0.00329. The Bertz CT molecular complexity index is 1060. The molecule has 1 aliphatic rings. The van der Waals surface area contributed by atoms with E-state index in [0.717, 1.165) is 38.5 Å². The van der Waals surface area contributed by atoms with Crippen molar-refractivity contribution in [3.63, 3.8) is 0 Å². The molecule has 0 radical (unpaired) electrons. The summed E-state index contributed by atoms with van der Waals surface area (Å²) in [7, 11) is 1.37.